The molecule has 1 atom stereocenters. The third-order valence-corrected chi connectivity index (χ3v) is 2.31. The van der Waals surface area contributed by atoms with Crippen LogP contribution in [-0.4, -0.2) is 11.1 Å². The Morgan fingerprint density at radius 2 is 2.06 bits per heavy atom. The average molecular weight is 216 g/mol. The number of rotatable bonds is 3. The zero-order valence-electron chi connectivity index (χ0n) is 8.88. The predicted octanol–water partition coefficient (Wildman–Crippen LogP) is 2.17. The minimum absolute atomic E-state index is 0.0567. The Bertz CT molecular complexity index is 451. The summed E-state index contributed by atoms with van der Waals surface area (Å²) in [5.74, 6) is -0.0309. The van der Waals surface area contributed by atoms with E-state index >= 15 is 0 Å². The Labute approximate surface area is 93.3 Å². The topological polar surface area (TPSA) is 55.1 Å². The van der Waals surface area contributed by atoms with Gasteiger partial charge in [0.05, 0.1) is 12.2 Å². The molecule has 0 aliphatic rings. The van der Waals surface area contributed by atoms with Gasteiger partial charge in [0.2, 0.25) is 5.76 Å². The van der Waals surface area contributed by atoms with Crippen molar-refractivity contribution >= 4 is 5.91 Å². The molecular formula is C12H12N2O2. The molecule has 2 rings (SSSR count). The van der Waals surface area contributed by atoms with Crippen molar-refractivity contribution in [2.75, 3.05) is 0 Å². The zero-order chi connectivity index (χ0) is 11.4. The molecule has 0 radical (unpaired) electrons. The van der Waals surface area contributed by atoms with Crippen molar-refractivity contribution in [2.24, 2.45) is 0 Å². The molecule has 1 heterocycles. The number of nitrogens with zero attached hydrogens (tertiary/aromatic N) is 1. The van der Waals surface area contributed by atoms with E-state index in [2.05, 4.69) is 10.5 Å². The lowest BCUT2D eigenvalue weighted by atomic mass is 10.1. The third-order valence-electron chi connectivity index (χ3n) is 2.31. The van der Waals surface area contributed by atoms with Gasteiger partial charge in [-0.3, -0.25) is 4.79 Å². The Kier molecular flexibility index (Phi) is 3.00. The molecule has 1 aromatic heterocycles. The number of benzene rings is 1. The van der Waals surface area contributed by atoms with E-state index in [1.807, 2.05) is 37.3 Å². The monoisotopic (exact) mass is 216 g/mol. The van der Waals surface area contributed by atoms with Crippen molar-refractivity contribution in [2.45, 2.75) is 13.0 Å². The normalized spacial score (nSPS) is 12.1. The van der Waals surface area contributed by atoms with E-state index in [0.717, 1.165) is 5.56 Å². The van der Waals surface area contributed by atoms with Gasteiger partial charge in [0, 0.05) is 6.07 Å². The minimum Gasteiger partial charge on any atom is -0.351 e. The second-order valence-corrected chi connectivity index (χ2v) is 3.48. The first kappa shape index (κ1) is 10.4. The fourth-order valence-electron chi connectivity index (χ4n) is 1.43. The maximum atomic E-state index is 11.6. The molecule has 0 spiro atoms. The number of hydrogen-bond donors (Lipinski definition) is 1. The van der Waals surface area contributed by atoms with Crippen LogP contribution in [0.4, 0.5) is 0 Å². The van der Waals surface area contributed by atoms with Crippen LogP contribution in [0, 0.1) is 0 Å². The third kappa shape index (κ3) is 2.28. The van der Waals surface area contributed by atoms with Crippen LogP contribution in [0.1, 0.15) is 29.1 Å². The second kappa shape index (κ2) is 4.61. The highest BCUT2D eigenvalue weighted by Gasteiger charge is 2.13. The summed E-state index contributed by atoms with van der Waals surface area (Å²) in [4.78, 5) is 11.6. The van der Waals surface area contributed by atoms with Crippen LogP contribution in [0.15, 0.2) is 47.1 Å². The first-order valence-electron chi connectivity index (χ1n) is 5.04. The summed E-state index contributed by atoms with van der Waals surface area (Å²) in [6, 6.07) is 11.2. The van der Waals surface area contributed by atoms with Crippen LogP contribution >= 0.6 is 0 Å². The standard InChI is InChI=1S/C12H12N2O2/c1-9(10-5-3-2-4-6-10)14-12(15)11-7-8-13-16-11/h2-9H,1H3,(H,14,15). The van der Waals surface area contributed by atoms with Gasteiger partial charge >= 0.3 is 0 Å². The summed E-state index contributed by atoms with van der Waals surface area (Å²) in [5, 5.41) is 6.31. The molecule has 0 aliphatic carbocycles. The zero-order valence-corrected chi connectivity index (χ0v) is 8.88. The van der Waals surface area contributed by atoms with Gasteiger partial charge in [0.25, 0.3) is 5.91 Å². The van der Waals surface area contributed by atoms with Gasteiger partial charge in [-0.15, -0.1) is 0 Å². The molecule has 1 amide bonds. The van der Waals surface area contributed by atoms with Crippen molar-refractivity contribution < 1.29 is 9.32 Å². The molecule has 16 heavy (non-hydrogen) atoms. The molecule has 0 bridgehead atoms. The van der Waals surface area contributed by atoms with Gasteiger partial charge in [0.15, 0.2) is 0 Å². The number of amides is 1. The number of aromatic nitrogens is 1. The van der Waals surface area contributed by atoms with Crippen LogP contribution in [-0.2, 0) is 0 Å². The Hall–Kier alpha value is -2.10. The highest BCUT2D eigenvalue weighted by atomic mass is 16.5. The summed E-state index contributed by atoms with van der Waals surface area (Å²) >= 11 is 0. The first-order chi connectivity index (χ1) is 7.77. The van der Waals surface area contributed by atoms with Crippen molar-refractivity contribution in [1.29, 1.82) is 0 Å². The number of carbonyl (C=O) groups excluding carboxylic acids is 1. The van der Waals surface area contributed by atoms with Crippen LogP contribution in [0.5, 0.6) is 0 Å². The molecule has 1 N–H and O–H groups in total. The molecule has 4 heteroatoms. The van der Waals surface area contributed by atoms with Gasteiger partial charge in [-0.1, -0.05) is 35.5 Å². The van der Waals surface area contributed by atoms with Gasteiger partial charge in [-0.25, -0.2) is 0 Å². The van der Waals surface area contributed by atoms with E-state index in [-0.39, 0.29) is 17.7 Å². The smallest absolute Gasteiger partial charge is 0.290 e. The molecule has 2 aromatic rings. The molecule has 1 aromatic carbocycles. The Balaban J connectivity index is 2.03. The number of hydrogen-bond acceptors (Lipinski definition) is 3. The fraction of sp³-hybridized carbons (Fsp3) is 0.167. The summed E-state index contributed by atoms with van der Waals surface area (Å²) in [5.41, 5.74) is 1.05. The molecule has 0 saturated heterocycles. The highest BCUT2D eigenvalue weighted by Crippen LogP contribution is 2.11. The highest BCUT2D eigenvalue weighted by molar-refractivity contribution is 5.91. The van der Waals surface area contributed by atoms with Crippen molar-refractivity contribution in [3.05, 3.63) is 53.9 Å². The molecule has 4 nitrogen and oxygen atoms in total. The number of nitrogens with one attached hydrogen (secondary N) is 1. The molecule has 0 saturated carbocycles. The van der Waals surface area contributed by atoms with Crippen LogP contribution in [0.3, 0.4) is 0 Å². The van der Waals surface area contributed by atoms with E-state index in [9.17, 15) is 4.79 Å². The maximum absolute atomic E-state index is 11.6. The van der Waals surface area contributed by atoms with Gasteiger partial charge in [0.1, 0.15) is 0 Å². The van der Waals surface area contributed by atoms with E-state index in [1.165, 1.54) is 12.3 Å². The van der Waals surface area contributed by atoms with Gasteiger partial charge in [-0.2, -0.15) is 0 Å². The fourth-order valence-corrected chi connectivity index (χ4v) is 1.43. The average Bonchev–Trinajstić information content (AvgIpc) is 2.83. The molecule has 0 aliphatic heterocycles. The summed E-state index contributed by atoms with van der Waals surface area (Å²) in [6.45, 7) is 1.92. The molecule has 0 fully saturated rings. The van der Waals surface area contributed by atoms with Crippen LogP contribution < -0.4 is 5.32 Å². The Morgan fingerprint density at radius 3 is 2.69 bits per heavy atom. The Morgan fingerprint density at radius 1 is 1.31 bits per heavy atom. The van der Waals surface area contributed by atoms with Gasteiger partial charge < -0.3 is 9.84 Å². The SMILES string of the molecule is CC(NC(=O)c1ccno1)c1ccccc1. The van der Waals surface area contributed by atoms with E-state index in [0.29, 0.717) is 0 Å². The van der Waals surface area contributed by atoms with Crippen LogP contribution in [0.25, 0.3) is 0 Å². The largest absolute Gasteiger partial charge is 0.351 e. The van der Waals surface area contributed by atoms with Crippen LogP contribution in [0.2, 0.25) is 0 Å². The quantitative estimate of drug-likeness (QED) is 0.855. The molecular weight excluding hydrogens is 204 g/mol. The predicted molar refractivity (Wildman–Crippen MR) is 58.8 cm³/mol. The lowest BCUT2D eigenvalue weighted by Crippen LogP contribution is -2.26. The minimum atomic E-state index is -0.256. The van der Waals surface area contributed by atoms with E-state index in [4.69, 9.17) is 4.52 Å². The van der Waals surface area contributed by atoms with Crippen molar-refractivity contribution in [1.82, 2.24) is 10.5 Å². The summed E-state index contributed by atoms with van der Waals surface area (Å²) in [7, 11) is 0. The number of carbonyl (C=O) groups is 1. The molecule has 1 unspecified atom stereocenters. The van der Waals surface area contributed by atoms with E-state index < -0.39 is 0 Å². The maximum Gasteiger partial charge on any atom is 0.290 e. The summed E-state index contributed by atoms with van der Waals surface area (Å²) in [6.07, 6.45) is 1.45. The molecule has 82 valence electrons. The van der Waals surface area contributed by atoms with Crippen molar-refractivity contribution in [3.63, 3.8) is 0 Å². The lowest BCUT2D eigenvalue weighted by Gasteiger charge is -2.12. The van der Waals surface area contributed by atoms with Crippen molar-refractivity contribution in [3.8, 4) is 0 Å². The van der Waals surface area contributed by atoms with Gasteiger partial charge in [-0.05, 0) is 12.5 Å². The second-order valence-electron chi connectivity index (χ2n) is 3.48. The summed E-state index contributed by atoms with van der Waals surface area (Å²) < 4.78 is 4.77. The first-order valence-corrected chi connectivity index (χ1v) is 5.04. The lowest BCUT2D eigenvalue weighted by molar-refractivity contribution is 0.0902. The van der Waals surface area contributed by atoms with E-state index in [1.54, 1.807) is 0 Å².